The second-order valence-corrected chi connectivity index (χ2v) is 4.35. The first-order valence-electron chi connectivity index (χ1n) is 5.86. The van der Waals surface area contributed by atoms with E-state index < -0.39 is 0 Å². The van der Waals surface area contributed by atoms with Gasteiger partial charge in [0.2, 0.25) is 5.88 Å². The second-order valence-electron chi connectivity index (χ2n) is 4.08. The Morgan fingerprint density at radius 1 is 1.26 bits per heavy atom. The van der Waals surface area contributed by atoms with Crippen molar-refractivity contribution in [3.8, 4) is 17.3 Å². The molecule has 0 atom stereocenters. The second kappa shape index (κ2) is 4.90. The number of imidazole rings is 1. The third-order valence-corrected chi connectivity index (χ3v) is 3.18. The molecule has 0 aliphatic carbocycles. The maximum Gasteiger partial charge on any atom is 0.240 e. The molecule has 0 radical (unpaired) electrons. The summed E-state index contributed by atoms with van der Waals surface area (Å²) in [7, 11) is 1.59. The lowest BCUT2D eigenvalue weighted by molar-refractivity contribution is 0.400. The first-order valence-corrected chi connectivity index (χ1v) is 6.39. The van der Waals surface area contributed by atoms with Gasteiger partial charge < -0.3 is 4.74 Å². The van der Waals surface area contributed by atoms with Gasteiger partial charge in [0.25, 0.3) is 0 Å². The maximum absolute atomic E-state index is 5.87. The number of benzene rings is 1. The summed E-state index contributed by atoms with van der Waals surface area (Å²) < 4.78 is 7.25. The number of hydrogen-bond acceptors (Lipinski definition) is 3. The number of fused-ring (bicyclic) bond motifs is 1. The highest BCUT2D eigenvalue weighted by Gasteiger charge is 2.12. The number of rotatable bonds is 3. The summed E-state index contributed by atoms with van der Waals surface area (Å²) in [5.74, 6) is 1.72. The van der Waals surface area contributed by atoms with Crippen LogP contribution >= 0.6 is 11.6 Å². The van der Waals surface area contributed by atoms with Gasteiger partial charge >= 0.3 is 0 Å². The van der Waals surface area contributed by atoms with Crippen LogP contribution in [0.1, 0.15) is 5.69 Å². The van der Waals surface area contributed by atoms with E-state index in [4.69, 9.17) is 16.3 Å². The molecule has 0 saturated carbocycles. The molecule has 0 unspecified atom stereocenters. The van der Waals surface area contributed by atoms with Crippen LogP contribution in [0.3, 0.4) is 0 Å². The first kappa shape index (κ1) is 12.0. The number of halogens is 1. The highest BCUT2D eigenvalue weighted by molar-refractivity contribution is 6.16. The van der Waals surface area contributed by atoms with Gasteiger partial charge in [-0.05, 0) is 0 Å². The van der Waals surface area contributed by atoms with E-state index in [0.29, 0.717) is 11.8 Å². The van der Waals surface area contributed by atoms with Crippen LogP contribution in [0.5, 0.6) is 5.88 Å². The van der Waals surface area contributed by atoms with E-state index in [-0.39, 0.29) is 0 Å². The van der Waals surface area contributed by atoms with Crippen LogP contribution in [0.25, 0.3) is 16.9 Å². The number of hydrogen-bond donors (Lipinski definition) is 0. The van der Waals surface area contributed by atoms with Crippen LogP contribution in [0.15, 0.2) is 42.7 Å². The number of nitrogens with zero attached hydrogens (tertiary/aromatic N) is 3. The topological polar surface area (TPSA) is 39.4 Å². The number of methoxy groups -OCH3 is 1. The van der Waals surface area contributed by atoms with Crippen molar-refractivity contribution in [1.82, 2.24) is 14.4 Å². The van der Waals surface area contributed by atoms with E-state index in [9.17, 15) is 0 Å². The Kier molecular flexibility index (Phi) is 3.09. The Balaban J connectivity index is 2.27. The van der Waals surface area contributed by atoms with Gasteiger partial charge in [0.05, 0.1) is 24.9 Å². The monoisotopic (exact) mass is 273 g/mol. The van der Waals surface area contributed by atoms with E-state index in [2.05, 4.69) is 9.97 Å². The molecule has 3 rings (SSSR count). The number of aromatic nitrogens is 3. The molecule has 0 aliphatic rings. The Hall–Kier alpha value is -2.07. The quantitative estimate of drug-likeness (QED) is 0.688. The fourth-order valence-electron chi connectivity index (χ4n) is 2.03. The van der Waals surface area contributed by atoms with E-state index >= 15 is 0 Å². The minimum atomic E-state index is 0.332. The predicted octanol–water partition coefficient (Wildman–Crippen LogP) is 3.14. The molecule has 0 spiro atoms. The van der Waals surface area contributed by atoms with Gasteiger partial charge in [0.15, 0.2) is 0 Å². The molecule has 96 valence electrons. The van der Waals surface area contributed by atoms with Gasteiger partial charge in [-0.1, -0.05) is 30.3 Å². The molecule has 5 heteroatoms. The molecule has 2 heterocycles. The third kappa shape index (κ3) is 2.04. The minimum absolute atomic E-state index is 0.332. The fourth-order valence-corrected chi connectivity index (χ4v) is 2.16. The van der Waals surface area contributed by atoms with E-state index in [1.165, 1.54) is 0 Å². The smallest absolute Gasteiger partial charge is 0.240 e. The molecule has 19 heavy (non-hydrogen) atoms. The molecule has 4 nitrogen and oxygen atoms in total. The molecular weight excluding hydrogens is 262 g/mol. The van der Waals surface area contributed by atoms with Crippen molar-refractivity contribution in [3.05, 3.63) is 48.4 Å². The van der Waals surface area contributed by atoms with Crippen LogP contribution < -0.4 is 4.74 Å². The van der Waals surface area contributed by atoms with Gasteiger partial charge in [-0.25, -0.2) is 9.97 Å². The SMILES string of the molecule is COc1nc(CCl)cn2c(-c3ccccc3)ncc12. The van der Waals surface area contributed by atoms with Crippen molar-refractivity contribution in [2.75, 3.05) is 7.11 Å². The average molecular weight is 274 g/mol. The fraction of sp³-hybridized carbons (Fsp3) is 0.143. The van der Waals surface area contributed by atoms with Gasteiger partial charge in [0.1, 0.15) is 11.3 Å². The lowest BCUT2D eigenvalue weighted by atomic mass is 10.2. The number of ether oxygens (including phenoxy) is 1. The molecule has 0 fully saturated rings. The van der Waals surface area contributed by atoms with Gasteiger partial charge in [0, 0.05) is 11.8 Å². The molecule has 2 aromatic heterocycles. The summed E-state index contributed by atoms with van der Waals surface area (Å²) in [5.41, 5.74) is 2.62. The van der Waals surface area contributed by atoms with Crippen LogP contribution in [-0.4, -0.2) is 21.5 Å². The van der Waals surface area contributed by atoms with Crippen molar-refractivity contribution in [1.29, 1.82) is 0 Å². The van der Waals surface area contributed by atoms with Crippen molar-refractivity contribution in [2.45, 2.75) is 5.88 Å². The van der Waals surface area contributed by atoms with Gasteiger partial charge in [-0.15, -0.1) is 11.6 Å². The van der Waals surface area contributed by atoms with Crippen molar-refractivity contribution >= 4 is 17.1 Å². The molecular formula is C14H12ClN3O. The van der Waals surface area contributed by atoms with Crippen LogP contribution in [0, 0.1) is 0 Å². The summed E-state index contributed by atoms with van der Waals surface area (Å²) in [6, 6.07) is 9.98. The van der Waals surface area contributed by atoms with Crippen molar-refractivity contribution < 1.29 is 4.74 Å². The molecule has 0 aliphatic heterocycles. The maximum atomic E-state index is 5.87. The molecule has 1 aromatic carbocycles. The number of alkyl halides is 1. The molecule has 0 amide bonds. The zero-order valence-electron chi connectivity index (χ0n) is 10.4. The summed E-state index contributed by atoms with van der Waals surface area (Å²) in [5, 5.41) is 0. The average Bonchev–Trinajstić information content (AvgIpc) is 2.90. The highest BCUT2D eigenvalue weighted by atomic mass is 35.5. The summed E-state index contributed by atoms with van der Waals surface area (Å²) in [6.45, 7) is 0. The Bertz CT molecular complexity index is 709. The van der Waals surface area contributed by atoms with Gasteiger partial charge in [-0.3, -0.25) is 4.40 Å². The lowest BCUT2D eigenvalue weighted by Crippen LogP contribution is -1.98. The van der Waals surface area contributed by atoms with Crippen LogP contribution in [0.4, 0.5) is 0 Å². The minimum Gasteiger partial charge on any atom is -0.479 e. The van der Waals surface area contributed by atoms with E-state index in [1.54, 1.807) is 13.3 Å². The third-order valence-electron chi connectivity index (χ3n) is 2.90. The first-order chi connectivity index (χ1) is 9.33. The van der Waals surface area contributed by atoms with E-state index in [1.807, 2.05) is 40.9 Å². The predicted molar refractivity (Wildman–Crippen MR) is 74.5 cm³/mol. The zero-order chi connectivity index (χ0) is 13.2. The molecule has 0 bridgehead atoms. The Morgan fingerprint density at radius 2 is 2.05 bits per heavy atom. The zero-order valence-corrected chi connectivity index (χ0v) is 11.1. The standard InChI is InChI=1S/C14H12ClN3O/c1-19-14-12-8-16-13(10-5-3-2-4-6-10)18(12)9-11(7-15)17-14/h2-6,8-9H,7H2,1H3. The Labute approximate surface area is 115 Å². The molecule has 0 N–H and O–H groups in total. The summed E-state index contributed by atoms with van der Waals surface area (Å²) >= 11 is 5.87. The summed E-state index contributed by atoms with van der Waals surface area (Å²) in [6.07, 6.45) is 3.65. The lowest BCUT2D eigenvalue weighted by Gasteiger charge is -2.06. The molecule has 0 saturated heterocycles. The normalized spacial score (nSPS) is 10.8. The Morgan fingerprint density at radius 3 is 2.74 bits per heavy atom. The molecule has 3 aromatic rings. The summed E-state index contributed by atoms with van der Waals surface area (Å²) in [4.78, 5) is 8.78. The van der Waals surface area contributed by atoms with Gasteiger partial charge in [-0.2, -0.15) is 0 Å². The largest absolute Gasteiger partial charge is 0.479 e. The van der Waals surface area contributed by atoms with E-state index in [0.717, 1.165) is 22.6 Å². The van der Waals surface area contributed by atoms with Crippen LogP contribution in [-0.2, 0) is 5.88 Å². The van der Waals surface area contributed by atoms with Crippen molar-refractivity contribution in [3.63, 3.8) is 0 Å². The highest BCUT2D eigenvalue weighted by Crippen LogP contribution is 2.25. The van der Waals surface area contributed by atoms with Crippen molar-refractivity contribution in [2.24, 2.45) is 0 Å². The van der Waals surface area contributed by atoms with Crippen LogP contribution in [0.2, 0.25) is 0 Å².